The first-order valence-corrected chi connectivity index (χ1v) is 8.27. The molecular weight excluding hydrogens is 314 g/mol. The van der Waals surface area contributed by atoms with E-state index in [1.165, 1.54) is 0 Å². The van der Waals surface area contributed by atoms with E-state index in [4.69, 9.17) is 4.74 Å². The summed E-state index contributed by atoms with van der Waals surface area (Å²) in [6.07, 6.45) is 0. The minimum Gasteiger partial charge on any atom is -0.494 e. The highest BCUT2D eigenvalue weighted by Crippen LogP contribution is 2.32. The van der Waals surface area contributed by atoms with Gasteiger partial charge in [0.1, 0.15) is 5.75 Å². The number of carbonyl (C=O) groups is 1. The van der Waals surface area contributed by atoms with Gasteiger partial charge in [-0.05, 0) is 50.6 Å². The number of rotatable bonds is 5. The third-order valence-corrected chi connectivity index (χ3v) is 4.26. The molecule has 0 aliphatic carbocycles. The number of nitrogens with zero attached hydrogens (tertiary/aromatic N) is 1. The monoisotopic (exact) mass is 335 g/mol. The summed E-state index contributed by atoms with van der Waals surface area (Å²) in [5, 5.41) is 9.40. The maximum absolute atomic E-state index is 11.5. The zero-order valence-electron chi connectivity index (χ0n) is 14.6. The largest absolute Gasteiger partial charge is 0.494 e. The van der Waals surface area contributed by atoms with Gasteiger partial charge in [0.05, 0.1) is 17.9 Å². The van der Waals surface area contributed by atoms with Crippen LogP contribution in [0.1, 0.15) is 28.7 Å². The molecule has 3 aromatic rings. The van der Waals surface area contributed by atoms with Gasteiger partial charge in [-0.3, -0.25) is 0 Å². The normalized spacial score (nSPS) is 10.7. The Morgan fingerprint density at radius 1 is 1.08 bits per heavy atom. The van der Waals surface area contributed by atoms with Crippen LogP contribution in [0.2, 0.25) is 0 Å². The number of aryl methyl sites for hydroxylation is 1. The molecule has 25 heavy (non-hydrogen) atoms. The minimum absolute atomic E-state index is 0.329. The Morgan fingerprint density at radius 2 is 1.84 bits per heavy atom. The van der Waals surface area contributed by atoms with E-state index < -0.39 is 5.97 Å². The van der Waals surface area contributed by atoms with Gasteiger partial charge in [-0.2, -0.15) is 0 Å². The van der Waals surface area contributed by atoms with Gasteiger partial charge in [0.15, 0.2) is 0 Å². The predicted molar refractivity (Wildman–Crippen MR) is 98.8 cm³/mol. The third kappa shape index (κ3) is 3.15. The molecule has 0 aliphatic heterocycles. The molecule has 0 amide bonds. The summed E-state index contributed by atoms with van der Waals surface area (Å²) in [4.78, 5) is 11.5. The highest BCUT2D eigenvalue weighted by atomic mass is 16.5. The fourth-order valence-corrected chi connectivity index (χ4v) is 3.18. The number of carboxylic acids is 1. The van der Waals surface area contributed by atoms with E-state index in [2.05, 4.69) is 0 Å². The summed E-state index contributed by atoms with van der Waals surface area (Å²) in [6, 6.07) is 17.7. The SMILES string of the molecule is CCOc1cccc(-c2ccccc2-n2c(C)cc(C(=O)O)c2C)c1. The molecule has 1 N–H and O–H groups in total. The van der Waals surface area contributed by atoms with E-state index in [-0.39, 0.29) is 0 Å². The second-order valence-corrected chi connectivity index (χ2v) is 5.90. The number of aromatic carboxylic acids is 1. The lowest BCUT2D eigenvalue weighted by atomic mass is 10.0. The second-order valence-electron chi connectivity index (χ2n) is 5.90. The molecule has 0 saturated carbocycles. The van der Waals surface area contributed by atoms with Crippen LogP contribution in [0.3, 0.4) is 0 Å². The Balaban J connectivity index is 2.18. The Morgan fingerprint density at radius 3 is 2.52 bits per heavy atom. The number of hydrogen-bond donors (Lipinski definition) is 1. The van der Waals surface area contributed by atoms with E-state index in [0.29, 0.717) is 12.2 Å². The highest BCUT2D eigenvalue weighted by Gasteiger charge is 2.18. The molecule has 128 valence electrons. The van der Waals surface area contributed by atoms with Crippen LogP contribution in [0.25, 0.3) is 16.8 Å². The van der Waals surface area contributed by atoms with Crippen molar-refractivity contribution in [3.05, 3.63) is 71.5 Å². The Hall–Kier alpha value is -3.01. The predicted octanol–water partition coefficient (Wildman–Crippen LogP) is 4.86. The molecular formula is C21H21NO3. The van der Waals surface area contributed by atoms with E-state index in [9.17, 15) is 9.90 Å². The van der Waals surface area contributed by atoms with Gasteiger partial charge in [-0.15, -0.1) is 0 Å². The lowest BCUT2D eigenvalue weighted by Gasteiger charge is -2.16. The lowest BCUT2D eigenvalue weighted by Crippen LogP contribution is -2.04. The summed E-state index contributed by atoms with van der Waals surface area (Å²) in [5.74, 6) is -0.0860. The van der Waals surface area contributed by atoms with Crippen LogP contribution in [0.4, 0.5) is 0 Å². The molecule has 2 aromatic carbocycles. The standard InChI is InChI=1S/C21H21NO3/c1-4-25-17-9-7-8-16(13-17)18-10-5-6-11-20(18)22-14(2)12-19(15(22)3)21(23)24/h5-13H,4H2,1-3H3,(H,23,24). The lowest BCUT2D eigenvalue weighted by molar-refractivity contribution is 0.0696. The van der Waals surface area contributed by atoms with Crippen molar-refractivity contribution < 1.29 is 14.6 Å². The van der Waals surface area contributed by atoms with Crippen molar-refractivity contribution in [2.24, 2.45) is 0 Å². The van der Waals surface area contributed by atoms with Gasteiger partial charge < -0.3 is 14.4 Å². The van der Waals surface area contributed by atoms with Gasteiger partial charge in [0.2, 0.25) is 0 Å². The van der Waals surface area contributed by atoms with Gasteiger partial charge in [0.25, 0.3) is 0 Å². The Labute approximate surface area is 147 Å². The van der Waals surface area contributed by atoms with Gasteiger partial charge in [-0.1, -0.05) is 30.3 Å². The molecule has 4 nitrogen and oxygen atoms in total. The molecule has 0 saturated heterocycles. The van der Waals surface area contributed by atoms with Crippen molar-refractivity contribution in [2.75, 3.05) is 6.61 Å². The van der Waals surface area contributed by atoms with Gasteiger partial charge in [-0.25, -0.2) is 4.79 Å². The molecule has 0 unspecified atom stereocenters. The summed E-state index contributed by atoms with van der Waals surface area (Å²) < 4.78 is 7.60. The Kier molecular flexibility index (Phi) is 4.61. The van der Waals surface area contributed by atoms with Crippen molar-refractivity contribution in [1.82, 2.24) is 4.57 Å². The topological polar surface area (TPSA) is 51.5 Å². The first-order chi connectivity index (χ1) is 12.0. The molecule has 1 heterocycles. The first kappa shape index (κ1) is 16.8. The van der Waals surface area contributed by atoms with E-state index in [1.54, 1.807) is 6.07 Å². The number of carboxylic acid groups (broad SMARTS) is 1. The van der Waals surface area contributed by atoms with Crippen molar-refractivity contribution in [3.8, 4) is 22.6 Å². The fourth-order valence-electron chi connectivity index (χ4n) is 3.18. The number of benzene rings is 2. The Bertz CT molecular complexity index is 925. The zero-order chi connectivity index (χ0) is 18.0. The fraction of sp³-hybridized carbons (Fsp3) is 0.190. The summed E-state index contributed by atoms with van der Waals surface area (Å²) in [7, 11) is 0. The molecule has 0 fully saturated rings. The maximum Gasteiger partial charge on any atom is 0.337 e. The van der Waals surface area contributed by atoms with E-state index in [1.807, 2.05) is 73.9 Å². The molecule has 4 heteroatoms. The third-order valence-electron chi connectivity index (χ3n) is 4.26. The quantitative estimate of drug-likeness (QED) is 0.724. The van der Waals surface area contributed by atoms with Crippen molar-refractivity contribution >= 4 is 5.97 Å². The summed E-state index contributed by atoms with van der Waals surface area (Å²) in [5.41, 5.74) is 4.96. The van der Waals surface area contributed by atoms with Gasteiger partial charge in [0, 0.05) is 17.0 Å². The minimum atomic E-state index is -0.907. The average molecular weight is 335 g/mol. The number of aromatic nitrogens is 1. The second kappa shape index (κ2) is 6.85. The summed E-state index contributed by atoms with van der Waals surface area (Å²) in [6.45, 7) is 6.33. The molecule has 0 aliphatic rings. The highest BCUT2D eigenvalue weighted by molar-refractivity contribution is 5.90. The van der Waals surface area contributed by atoms with Crippen molar-refractivity contribution in [3.63, 3.8) is 0 Å². The molecule has 1 aromatic heterocycles. The maximum atomic E-state index is 11.5. The molecule has 3 rings (SSSR count). The number of hydrogen-bond acceptors (Lipinski definition) is 2. The zero-order valence-corrected chi connectivity index (χ0v) is 14.6. The van der Waals surface area contributed by atoms with Crippen LogP contribution in [0.5, 0.6) is 5.75 Å². The van der Waals surface area contributed by atoms with Crippen LogP contribution in [-0.2, 0) is 0 Å². The van der Waals surface area contributed by atoms with Crippen LogP contribution in [0, 0.1) is 13.8 Å². The molecule has 0 atom stereocenters. The average Bonchev–Trinajstić information content (AvgIpc) is 2.90. The van der Waals surface area contributed by atoms with Crippen LogP contribution in [-0.4, -0.2) is 22.2 Å². The summed E-state index contributed by atoms with van der Waals surface area (Å²) >= 11 is 0. The van der Waals surface area contributed by atoms with E-state index >= 15 is 0 Å². The molecule has 0 bridgehead atoms. The van der Waals surface area contributed by atoms with E-state index in [0.717, 1.165) is 34.0 Å². The first-order valence-electron chi connectivity index (χ1n) is 8.27. The smallest absolute Gasteiger partial charge is 0.337 e. The molecule has 0 radical (unpaired) electrons. The van der Waals surface area contributed by atoms with Crippen LogP contribution >= 0.6 is 0 Å². The van der Waals surface area contributed by atoms with Crippen molar-refractivity contribution in [1.29, 1.82) is 0 Å². The van der Waals surface area contributed by atoms with Gasteiger partial charge >= 0.3 is 5.97 Å². The van der Waals surface area contributed by atoms with Crippen molar-refractivity contribution in [2.45, 2.75) is 20.8 Å². The number of ether oxygens (including phenoxy) is 1. The number of para-hydroxylation sites is 1. The van der Waals surface area contributed by atoms with Crippen LogP contribution < -0.4 is 4.74 Å². The van der Waals surface area contributed by atoms with Crippen LogP contribution in [0.15, 0.2) is 54.6 Å². The molecule has 0 spiro atoms.